The summed E-state index contributed by atoms with van der Waals surface area (Å²) in [7, 11) is 0. The first-order valence-electron chi connectivity index (χ1n) is 10.7. The fourth-order valence-electron chi connectivity index (χ4n) is 3.82. The fourth-order valence-corrected chi connectivity index (χ4v) is 3.82. The van der Waals surface area contributed by atoms with Gasteiger partial charge in [-0.1, -0.05) is 5.16 Å². The molecule has 4 aromatic rings. The Bertz CT molecular complexity index is 1440. The zero-order valence-electron chi connectivity index (χ0n) is 18.2. The molecule has 0 aliphatic carbocycles. The molecule has 5 rings (SSSR count). The SMILES string of the molecule is C[C@@H](NC(=O)c1ncnc2c1CCCC(=O)N2)c1cc(-c2nc3ccc(C(F)(F)F)cc3[nH]2)no1. The first kappa shape index (κ1) is 22.5. The van der Waals surface area contributed by atoms with Crippen LogP contribution in [0, 0.1) is 0 Å². The molecule has 3 aromatic heterocycles. The Kier molecular flexibility index (Phi) is 5.46. The molecule has 0 fully saturated rings. The van der Waals surface area contributed by atoms with Crippen molar-refractivity contribution in [3.63, 3.8) is 0 Å². The number of hydrogen-bond acceptors (Lipinski definition) is 7. The number of nitrogens with one attached hydrogen (secondary N) is 3. The third kappa shape index (κ3) is 4.44. The average molecular weight is 485 g/mol. The van der Waals surface area contributed by atoms with Crippen molar-refractivity contribution in [1.82, 2.24) is 30.4 Å². The number of halogens is 3. The second-order valence-corrected chi connectivity index (χ2v) is 8.08. The molecule has 13 heteroatoms. The fraction of sp³-hybridized carbons (Fsp3) is 0.273. The smallest absolute Gasteiger partial charge is 0.358 e. The number of rotatable bonds is 4. The molecular weight excluding hydrogens is 467 g/mol. The average Bonchev–Trinajstić information content (AvgIpc) is 3.41. The quantitative estimate of drug-likeness (QED) is 0.400. The molecule has 1 aliphatic rings. The van der Waals surface area contributed by atoms with Gasteiger partial charge in [-0.2, -0.15) is 13.2 Å². The van der Waals surface area contributed by atoms with Crippen molar-refractivity contribution < 1.29 is 27.3 Å². The minimum atomic E-state index is -4.47. The Morgan fingerprint density at radius 3 is 2.83 bits per heavy atom. The van der Waals surface area contributed by atoms with Gasteiger partial charge in [-0.3, -0.25) is 9.59 Å². The lowest BCUT2D eigenvalue weighted by molar-refractivity contribution is -0.137. The summed E-state index contributed by atoms with van der Waals surface area (Å²) in [5.41, 5.74) is 0.736. The highest BCUT2D eigenvalue weighted by Crippen LogP contribution is 2.32. The van der Waals surface area contributed by atoms with E-state index < -0.39 is 23.7 Å². The van der Waals surface area contributed by atoms with E-state index in [9.17, 15) is 22.8 Å². The van der Waals surface area contributed by atoms with Crippen LogP contribution in [0.25, 0.3) is 22.6 Å². The summed E-state index contributed by atoms with van der Waals surface area (Å²) in [5, 5.41) is 9.38. The number of alkyl halides is 3. The number of carbonyl (C=O) groups is 2. The summed E-state index contributed by atoms with van der Waals surface area (Å²) in [4.78, 5) is 39.9. The number of imidazole rings is 1. The van der Waals surface area contributed by atoms with Crippen LogP contribution in [0.4, 0.5) is 19.0 Å². The van der Waals surface area contributed by atoms with Crippen molar-refractivity contribution >= 4 is 28.7 Å². The van der Waals surface area contributed by atoms with Crippen molar-refractivity contribution in [1.29, 1.82) is 0 Å². The standard InChI is InChI=1S/C22H18F3N7O3/c1-10(28-21(34)18-12-3-2-4-17(33)31-19(12)27-9-26-18)16-8-15(32-35-16)20-29-13-6-5-11(22(23,24)25)7-14(13)30-20/h5-10H,2-4H2,1H3,(H,28,34)(H,29,30)(H,26,27,31,33)/t10-/m1/s1. The third-order valence-corrected chi connectivity index (χ3v) is 5.60. The largest absolute Gasteiger partial charge is 0.416 e. The molecule has 3 N–H and O–H groups in total. The molecule has 0 saturated carbocycles. The maximum Gasteiger partial charge on any atom is 0.416 e. The first-order chi connectivity index (χ1) is 16.7. The Labute approximate surface area is 195 Å². The molecule has 35 heavy (non-hydrogen) atoms. The Morgan fingerprint density at radius 2 is 2.03 bits per heavy atom. The molecule has 0 bridgehead atoms. The summed E-state index contributed by atoms with van der Waals surface area (Å²) >= 11 is 0. The molecule has 0 radical (unpaired) electrons. The lowest BCUT2D eigenvalue weighted by Gasteiger charge is -2.13. The lowest BCUT2D eigenvalue weighted by Crippen LogP contribution is -2.28. The van der Waals surface area contributed by atoms with E-state index in [1.807, 2.05) is 0 Å². The van der Waals surface area contributed by atoms with E-state index in [2.05, 4.69) is 35.7 Å². The number of nitrogens with zero attached hydrogens (tertiary/aromatic N) is 4. The van der Waals surface area contributed by atoms with Gasteiger partial charge in [0.1, 0.15) is 23.5 Å². The van der Waals surface area contributed by atoms with Crippen molar-refractivity contribution in [2.75, 3.05) is 5.32 Å². The summed E-state index contributed by atoms with van der Waals surface area (Å²) in [6.07, 6.45) is -1.89. The molecule has 2 amide bonds. The molecule has 180 valence electrons. The van der Waals surface area contributed by atoms with E-state index in [1.165, 1.54) is 18.5 Å². The van der Waals surface area contributed by atoms with Gasteiger partial charge in [0, 0.05) is 18.1 Å². The molecule has 4 heterocycles. The second-order valence-electron chi connectivity index (χ2n) is 8.08. The first-order valence-corrected chi connectivity index (χ1v) is 10.7. The summed E-state index contributed by atoms with van der Waals surface area (Å²) in [6, 6.07) is 4.13. The van der Waals surface area contributed by atoms with Crippen LogP contribution in [0.3, 0.4) is 0 Å². The number of hydrogen-bond donors (Lipinski definition) is 3. The maximum atomic E-state index is 13.0. The van der Waals surface area contributed by atoms with Gasteiger partial charge in [0.15, 0.2) is 11.6 Å². The Balaban J connectivity index is 1.35. The van der Waals surface area contributed by atoms with E-state index in [0.29, 0.717) is 41.9 Å². The number of carbonyl (C=O) groups excluding carboxylic acids is 2. The van der Waals surface area contributed by atoms with E-state index in [1.54, 1.807) is 6.92 Å². The highest BCUT2D eigenvalue weighted by molar-refractivity contribution is 5.97. The van der Waals surface area contributed by atoms with Gasteiger partial charge >= 0.3 is 6.18 Å². The van der Waals surface area contributed by atoms with Crippen molar-refractivity contribution in [3.05, 3.63) is 53.2 Å². The van der Waals surface area contributed by atoms with Gasteiger partial charge < -0.3 is 20.1 Å². The summed E-state index contributed by atoms with van der Waals surface area (Å²) in [5.74, 6) is 0.203. The van der Waals surface area contributed by atoms with E-state index in [0.717, 1.165) is 12.1 Å². The lowest BCUT2D eigenvalue weighted by atomic mass is 10.1. The number of H-pyrrole nitrogens is 1. The van der Waals surface area contributed by atoms with E-state index in [-0.39, 0.29) is 28.6 Å². The van der Waals surface area contributed by atoms with Crippen LogP contribution in [0.1, 0.15) is 53.2 Å². The number of aromatic nitrogens is 5. The van der Waals surface area contributed by atoms with Crippen molar-refractivity contribution in [3.8, 4) is 11.5 Å². The Hall–Kier alpha value is -4.29. The zero-order chi connectivity index (χ0) is 24.7. The van der Waals surface area contributed by atoms with Crippen molar-refractivity contribution in [2.45, 2.75) is 38.4 Å². The highest BCUT2D eigenvalue weighted by atomic mass is 19.4. The van der Waals surface area contributed by atoms with Crippen molar-refractivity contribution in [2.24, 2.45) is 0 Å². The van der Waals surface area contributed by atoms with Gasteiger partial charge in [0.05, 0.1) is 22.6 Å². The van der Waals surface area contributed by atoms with Gasteiger partial charge in [-0.15, -0.1) is 0 Å². The van der Waals surface area contributed by atoms with Crippen LogP contribution in [0.5, 0.6) is 0 Å². The third-order valence-electron chi connectivity index (χ3n) is 5.60. The molecule has 0 spiro atoms. The maximum absolute atomic E-state index is 13.0. The van der Waals surface area contributed by atoms with Crippen LogP contribution in [0.15, 0.2) is 35.1 Å². The number of anilines is 1. The van der Waals surface area contributed by atoms with Gasteiger partial charge in [0.25, 0.3) is 5.91 Å². The van der Waals surface area contributed by atoms with Crippen LogP contribution in [-0.4, -0.2) is 36.9 Å². The number of fused-ring (bicyclic) bond motifs is 2. The normalized spacial score (nSPS) is 14.8. The molecule has 1 aromatic carbocycles. The van der Waals surface area contributed by atoms with Crippen LogP contribution in [-0.2, 0) is 17.4 Å². The van der Waals surface area contributed by atoms with Crippen LogP contribution >= 0.6 is 0 Å². The van der Waals surface area contributed by atoms with Gasteiger partial charge in [-0.05, 0) is 38.0 Å². The van der Waals surface area contributed by atoms with Gasteiger partial charge in [-0.25, -0.2) is 15.0 Å². The highest BCUT2D eigenvalue weighted by Gasteiger charge is 2.31. The molecule has 1 atom stereocenters. The zero-order valence-corrected chi connectivity index (χ0v) is 18.2. The van der Waals surface area contributed by atoms with Crippen LogP contribution < -0.4 is 10.6 Å². The predicted octanol–water partition coefficient (Wildman–Crippen LogP) is 3.79. The monoisotopic (exact) mass is 485 g/mol. The Morgan fingerprint density at radius 1 is 1.20 bits per heavy atom. The molecule has 0 unspecified atom stereocenters. The second kappa shape index (κ2) is 8.49. The summed E-state index contributed by atoms with van der Waals surface area (Å²) < 4.78 is 44.3. The van der Waals surface area contributed by atoms with E-state index >= 15 is 0 Å². The molecule has 10 nitrogen and oxygen atoms in total. The van der Waals surface area contributed by atoms with E-state index in [4.69, 9.17) is 4.52 Å². The predicted molar refractivity (Wildman–Crippen MR) is 116 cm³/mol. The minimum Gasteiger partial charge on any atom is -0.358 e. The minimum absolute atomic E-state index is 0.154. The summed E-state index contributed by atoms with van der Waals surface area (Å²) in [6.45, 7) is 1.68. The van der Waals surface area contributed by atoms with Gasteiger partial charge in [0.2, 0.25) is 5.91 Å². The topological polar surface area (TPSA) is 139 Å². The molecular formula is C22H18F3N7O3. The number of amides is 2. The molecule has 0 saturated heterocycles. The van der Waals surface area contributed by atoms with Crippen LogP contribution in [0.2, 0.25) is 0 Å². The number of benzene rings is 1. The molecule has 1 aliphatic heterocycles. The number of aromatic amines is 1.